The van der Waals surface area contributed by atoms with Crippen LogP contribution in [0.25, 0.3) is 0 Å². The van der Waals surface area contributed by atoms with Gasteiger partial charge in [0, 0.05) is 26.8 Å². The van der Waals surface area contributed by atoms with Gasteiger partial charge in [-0.1, -0.05) is 6.92 Å². The van der Waals surface area contributed by atoms with E-state index in [4.69, 9.17) is 4.74 Å². The van der Waals surface area contributed by atoms with Gasteiger partial charge in [-0.05, 0) is 31.6 Å². The lowest BCUT2D eigenvalue weighted by Crippen LogP contribution is -2.48. The summed E-state index contributed by atoms with van der Waals surface area (Å²) >= 11 is 0. The number of carbonyl (C=O) groups excluding carboxylic acids is 1. The number of nitrogens with zero attached hydrogens (tertiary/aromatic N) is 1. The fourth-order valence-corrected chi connectivity index (χ4v) is 2.59. The van der Waals surface area contributed by atoms with Crippen LogP contribution in [-0.4, -0.2) is 48.8 Å². The maximum Gasteiger partial charge on any atom is 0.228 e. The van der Waals surface area contributed by atoms with Crippen molar-refractivity contribution in [3.8, 4) is 0 Å². The topological polar surface area (TPSA) is 49.8 Å². The fourth-order valence-electron chi connectivity index (χ4n) is 2.59. The molecule has 98 valence electrons. The Labute approximate surface area is 103 Å². The Bertz CT molecular complexity index is 288. The second-order valence-corrected chi connectivity index (χ2v) is 5.61. The van der Waals surface area contributed by atoms with Crippen LogP contribution < -0.4 is 0 Å². The Hall–Kier alpha value is -0.610. The summed E-state index contributed by atoms with van der Waals surface area (Å²) in [5, 5.41) is 9.84. The number of ether oxygens (including phenoxy) is 1. The SMILES string of the molecule is COCCC1(C(=O)N2CCC(C)C(O)C2)CC1. The molecule has 1 aliphatic carbocycles. The van der Waals surface area contributed by atoms with Crippen LogP contribution in [0.5, 0.6) is 0 Å². The highest BCUT2D eigenvalue weighted by Gasteiger charge is 2.51. The normalized spacial score (nSPS) is 31.4. The third-order valence-corrected chi connectivity index (χ3v) is 4.30. The second-order valence-electron chi connectivity index (χ2n) is 5.61. The van der Waals surface area contributed by atoms with Crippen molar-refractivity contribution >= 4 is 5.91 Å². The van der Waals surface area contributed by atoms with Crippen molar-refractivity contribution in [3.63, 3.8) is 0 Å². The van der Waals surface area contributed by atoms with E-state index in [2.05, 4.69) is 0 Å². The highest BCUT2D eigenvalue weighted by molar-refractivity contribution is 5.85. The van der Waals surface area contributed by atoms with E-state index in [-0.39, 0.29) is 17.4 Å². The first-order chi connectivity index (χ1) is 8.09. The van der Waals surface area contributed by atoms with Crippen molar-refractivity contribution < 1.29 is 14.6 Å². The van der Waals surface area contributed by atoms with Gasteiger partial charge < -0.3 is 14.7 Å². The monoisotopic (exact) mass is 241 g/mol. The van der Waals surface area contributed by atoms with Crippen LogP contribution in [0.1, 0.15) is 32.6 Å². The largest absolute Gasteiger partial charge is 0.391 e. The minimum Gasteiger partial charge on any atom is -0.391 e. The molecule has 4 heteroatoms. The van der Waals surface area contributed by atoms with Crippen molar-refractivity contribution in [2.75, 3.05) is 26.8 Å². The minimum atomic E-state index is -0.356. The number of β-amino-alcohol motifs (C(OH)–C–C–N with tert-alkyl or cyclic N) is 1. The zero-order valence-electron chi connectivity index (χ0n) is 10.8. The predicted octanol–water partition coefficient (Wildman–Crippen LogP) is 1.03. The third kappa shape index (κ3) is 2.63. The number of hydrogen-bond acceptors (Lipinski definition) is 3. The molecule has 0 aromatic carbocycles. The van der Waals surface area contributed by atoms with E-state index >= 15 is 0 Å². The van der Waals surface area contributed by atoms with Gasteiger partial charge >= 0.3 is 0 Å². The van der Waals surface area contributed by atoms with Crippen LogP contribution in [0, 0.1) is 11.3 Å². The van der Waals surface area contributed by atoms with Gasteiger partial charge in [0.05, 0.1) is 11.5 Å². The van der Waals surface area contributed by atoms with Crippen LogP contribution in [0.2, 0.25) is 0 Å². The summed E-state index contributed by atoms with van der Waals surface area (Å²) in [4.78, 5) is 14.3. The van der Waals surface area contributed by atoms with E-state index in [0.29, 0.717) is 19.1 Å². The highest BCUT2D eigenvalue weighted by Crippen LogP contribution is 2.50. The Morgan fingerprint density at radius 2 is 2.24 bits per heavy atom. The van der Waals surface area contributed by atoms with Crippen LogP contribution in [-0.2, 0) is 9.53 Å². The highest BCUT2D eigenvalue weighted by atomic mass is 16.5. The van der Waals surface area contributed by atoms with E-state index in [0.717, 1.165) is 32.2 Å². The standard InChI is InChI=1S/C13H23NO3/c1-10-3-7-14(9-11(10)15)12(16)13(4-5-13)6-8-17-2/h10-11,15H,3-9H2,1-2H3. The number of methoxy groups -OCH3 is 1. The molecular formula is C13H23NO3. The molecule has 1 saturated heterocycles. The van der Waals surface area contributed by atoms with Gasteiger partial charge in [-0.3, -0.25) is 4.79 Å². The lowest BCUT2D eigenvalue weighted by atomic mass is 9.93. The van der Waals surface area contributed by atoms with Gasteiger partial charge in [-0.15, -0.1) is 0 Å². The average molecular weight is 241 g/mol. The van der Waals surface area contributed by atoms with Crippen LogP contribution >= 0.6 is 0 Å². The van der Waals surface area contributed by atoms with Gasteiger partial charge in [0.1, 0.15) is 0 Å². The quantitative estimate of drug-likeness (QED) is 0.800. The number of carbonyl (C=O) groups is 1. The number of aliphatic hydroxyl groups excluding tert-OH is 1. The molecule has 0 bridgehead atoms. The molecular weight excluding hydrogens is 218 g/mol. The Balaban J connectivity index is 1.92. The fraction of sp³-hybridized carbons (Fsp3) is 0.923. The maximum atomic E-state index is 12.4. The number of rotatable bonds is 4. The molecule has 0 radical (unpaired) electrons. The Kier molecular flexibility index (Phi) is 3.73. The second kappa shape index (κ2) is 4.94. The first kappa shape index (κ1) is 12.8. The van der Waals surface area contributed by atoms with Gasteiger partial charge in [0.15, 0.2) is 0 Å². The summed E-state index contributed by atoms with van der Waals surface area (Å²) in [6.07, 6.45) is 3.35. The van der Waals surface area contributed by atoms with E-state index in [1.165, 1.54) is 0 Å². The van der Waals surface area contributed by atoms with Crippen molar-refractivity contribution in [1.82, 2.24) is 4.90 Å². The summed E-state index contributed by atoms with van der Waals surface area (Å²) < 4.78 is 5.07. The molecule has 0 spiro atoms. The molecule has 2 aliphatic rings. The molecule has 1 N–H and O–H groups in total. The third-order valence-electron chi connectivity index (χ3n) is 4.30. The number of likely N-dealkylation sites (tertiary alicyclic amines) is 1. The van der Waals surface area contributed by atoms with Gasteiger partial charge in [-0.25, -0.2) is 0 Å². The van der Waals surface area contributed by atoms with Crippen molar-refractivity contribution in [2.24, 2.45) is 11.3 Å². The van der Waals surface area contributed by atoms with Crippen LogP contribution in [0.15, 0.2) is 0 Å². The summed E-state index contributed by atoms with van der Waals surface area (Å²) in [6, 6.07) is 0. The van der Waals surface area contributed by atoms with Gasteiger partial charge in [0.2, 0.25) is 5.91 Å². The Morgan fingerprint density at radius 1 is 1.53 bits per heavy atom. The zero-order chi connectivity index (χ0) is 12.5. The molecule has 1 saturated carbocycles. The van der Waals surface area contributed by atoms with Crippen LogP contribution in [0.4, 0.5) is 0 Å². The summed E-state index contributed by atoms with van der Waals surface area (Å²) in [7, 11) is 1.67. The molecule has 2 rings (SSSR count). The molecule has 2 atom stereocenters. The van der Waals surface area contributed by atoms with E-state index < -0.39 is 0 Å². The van der Waals surface area contributed by atoms with Crippen molar-refractivity contribution in [1.29, 1.82) is 0 Å². The summed E-state index contributed by atoms with van der Waals surface area (Å²) in [5.41, 5.74) is -0.156. The molecule has 1 amide bonds. The van der Waals surface area contributed by atoms with E-state index in [1.807, 2.05) is 11.8 Å². The molecule has 1 aliphatic heterocycles. The predicted molar refractivity (Wildman–Crippen MR) is 64.5 cm³/mol. The number of hydrogen-bond donors (Lipinski definition) is 1. The van der Waals surface area contributed by atoms with Crippen LogP contribution in [0.3, 0.4) is 0 Å². The summed E-state index contributed by atoms with van der Waals surface area (Å²) in [5.74, 6) is 0.550. The first-order valence-corrected chi connectivity index (χ1v) is 6.55. The lowest BCUT2D eigenvalue weighted by molar-refractivity contribution is -0.142. The van der Waals surface area contributed by atoms with E-state index in [1.54, 1.807) is 7.11 Å². The average Bonchev–Trinajstić information content (AvgIpc) is 3.10. The smallest absolute Gasteiger partial charge is 0.228 e. The first-order valence-electron chi connectivity index (χ1n) is 6.55. The molecule has 1 heterocycles. The number of aliphatic hydroxyl groups is 1. The molecule has 2 unspecified atom stereocenters. The zero-order valence-corrected chi connectivity index (χ0v) is 10.8. The van der Waals surface area contributed by atoms with Crippen molar-refractivity contribution in [2.45, 2.75) is 38.7 Å². The molecule has 4 nitrogen and oxygen atoms in total. The van der Waals surface area contributed by atoms with Gasteiger partial charge in [-0.2, -0.15) is 0 Å². The number of amides is 1. The summed E-state index contributed by atoms with van der Waals surface area (Å²) in [6.45, 7) is 4.00. The number of piperidine rings is 1. The molecule has 17 heavy (non-hydrogen) atoms. The van der Waals surface area contributed by atoms with E-state index in [9.17, 15) is 9.90 Å². The van der Waals surface area contributed by atoms with Gasteiger partial charge in [0.25, 0.3) is 0 Å². The maximum absolute atomic E-state index is 12.4. The molecule has 0 aromatic rings. The molecule has 2 fully saturated rings. The minimum absolute atomic E-state index is 0.156. The lowest BCUT2D eigenvalue weighted by Gasteiger charge is -2.36. The van der Waals surface area contributed by atoms with Crippen molar-refractivity contribution in [3.05, 3.63) is 0 Å². The Morgan fingerprint density at radius 3 is 2.76 bits per heavy atom. The molecule has 0 aromatic heterocycles.